The van der Waals surface area contributed by atoms with E-state index in [1.165, 1.54) is 0 Å². The molecule has 8 heteroatoms. The molecule has 2 N–H and O–H groups in total. The fourth-order valence-electron chi connectivity index (χ4n) is 4.33. The maximum absolute atomic E-state index is 13.2. The predicted molar refractivity (Wildman–Crippen MR) is 142 cm³/mol. The predicted octanol–water partition coefficient (Wildman–Crippen LogP) is 3.87. The number of carbonyl (C=O) groups excluding carboxylic acids is 3. The highest BCUT2D eigenvalue weighted by Crippen LogP contribution is 2.40. The molecule has 2 heterocycles. The summed E-state index contributed by atoms with van der Waals surface area (Å²) in [7, 11) is 5.05. The van der Waals surface area contributed by atoms with Gasteiger partial charge >= 0.3 is 0 Å². The standard InChI is InChI=1S/C29H29N5O3/c1-30-27(35)21-6-4-18(5-7-21)17-31-28(36)25-24-16-23(14-15-34(24)26(32-25)20-10-11-20)19-8-12-22(13-9-19)29(37)33(2)3/h4-9,12-16,20H,10-11,17H2,1-3H3,(H,30,35)(H,31,36). The van der Waals surface area contributed by atoms with Gasteiger partial charge in [-0.25, -0.2) is 4.98 Å². The summed E-state index contributed by atoms with van der Waals surface area (Å²) in [4.78, 5) is 43.5. The summed E-state index contributed by atoms with van der Waals surface area (Å²) < 4.78 is 2.01. The van der Waals surface area contributed by atoms with Crippen molar-refractivity contribution in [2.45, 2.75) is 25.3 Å². The molecule has 5 rings (SSSR count). The molecule has 0 saturated heterocycles. The third-order valence-electron chi connectivity index (χ3n) is 6.60. The molecule has 1 aliphatic carbocycles. The molecule has 37 heavy (non-hydrogen) atoms. The van der Waals surface area contributed by atoms with Crippen molar-refractivity contribution in [2.75, 3.05) is 21.1 Å². The van der Waals surface area contributed by atoms with Gasteiger partial charge in [0.25, 0.3) is 17.7 Å². The Balaban J connectivity index is 1.41. The largest absolute Gasteiger partial charge is 0.355 e. The van der Waals surface area contributed by atoms with Gasteiger partial charge in [-0.05, 0) is 65.9 Å². The fourth-order valence-corrected chi connectivity index (χ4v) is 4.33. The van der Waals surface area contributed by atoms with Gasteiger partial charge in [0.1, 0.15) is 5.82 Å². The maximum Gasteiger partial charge on any atom is 0.272 e. The number of hydrogen-bond acceptors (Lipinski definition) is 4. The minimum Gasteiger partial charge on any atom is -0.355 e. The highest BCUT2D eigenvalue weighted by molar-refractivity contribution is 6.00. The maximum atomic E-state index is 13.2. The van der Waals surface area contributed by atoms with Gasteiger partial charge < -0.3 is 19.9 Å². The second-order valence-electron chi connectivity index (χ2n) is 9.50. The number of benzene rings is 2. The zero-order valence-electron chi connectivity index (χ0n) is 21.1. The van der Waals surface area contributed by atoms with Gasteiger partial charge in [-0.1, -0.05) is 24.3 Å². The number of hydrogen-bond donors (Lipinski definition) is 2. The van der Waals surface area contributed by atoms with Crippen LogP contribution in [0.4, 0.5) is 0 Å². The van der Waals surface area contributed by atoms with Crippen LogP contribution < -0.4 is 10.6 Å². The average molecular weight is 496 g/mol. The number of nitrogens with one attached hydrogen (secondary N) is 2. The Morgan fingerprint density at radius 3 is 2.22 bits per heavy atom. The van der Waals surface area contributed by atoms with E-state index in [-0.39, 0.29) is 17.7 Å². The second kappa shape index (κ2) is 9.89. The van der Waals surface area contributed by atoms with E-state index in [1.54, 1.807) is 38.2 Å². The third kappa shape index (κ3) is 4.95. The Hall–Kier alpha value is -4.46. The molecule has 0 spiro atoms. The smallest absolute Gasteiger partial charge is 0.272 e. The fraction of sp³-hybridized carbons (Fsp3) is 0.241. The Morgan fingerprint density at radius 1 is 0.919 bits per heavy atom. The number of fused-ring (bicyclic) bond motifs is 1. The van der Waals surface area contributed by atoms with Crippen LogP contribution in [-0.2, 0) is 6.54 Å². The van der Waals surface area contributed by atoms with E-state index in [0.717, 1.165) is 40.9 Å². The SMILES string of the molecule is CNC(=O)c1ccc(CNC(=O)c2nc(C3CC3)n3ccc(-c4ccc(C(=O)N(C)C)cc4)cc23)cc1. The highest BCUT2D eigenvalue weighted by atomic mass is 16.2. The van der Waals surface area contributed by atoms with E-state index >= 15 is 0 Å². The van der Waals surface area contributed by atoms with Crippen molar-refractivity contribution in [3.63, 3.8) is 0 Å². The number of carbonyl (C=O) groups is 3. The van der Waals surface area contributed by atoms with Crippen LogP contribution in [0.25, 0.3) is 16.6 Å². The first-order valence-electron chi connectivity index (χ1n) is 12.3. The Morgan fingerprint density at radius 2 is 1.59 bits per heavy atom. The van der Waals surface area contributed by atoms with Crippen LogP contribution in [-0.4, -0.2) is 53.1 Å². The van der Waals surface area contributed by atoms with Gasteiger partial charge in [0.05, 0.1) is 5.52 Å². The molecule has 8 nitrogen and oxygen atoms in total. The van der Waals surface area contributed by atoms with Gasteiger partial charge in [-0.15, -0.1) is 0 Å². The number of nitrogens with zero attached hydrogens (tertiary/aromatic N) is 3. The molecular formula is C29H29N5O3. The number of imidazole rings is 1. The molecule has 1 fully saturated rings. The van der Waals surface area contributed by atoms with Crippen LogP contribution in [0.15, 0.2) is 66.9 Å². The molecule has 0 radical (unpaired) electrons. The molecular weight excluding hydrogens is 466 g/mol. The second-order valence-corrected chi connectivity index (χ2v) is 9.50. The summed E-state index contributed by atoms with van der Waals surface area (Å²) in [6.07, 6.45) is 4.11. The van der Waals surface area contributed by atoms with E-state index in [1.807, 2.05) is 59.1 Å². The van der Waals surface area contributed by atoms with Gasteiger partial charge in [-0.2, -0.15) is 0 Å². The molecule has 1 aliphatic rings. The number of amides is 3. The van der Waals surface area contributed by atoms with Crippen molar-refractivity contribution in [3.8, 4) is 11.1 Å². The van der Waals surface area contributed by atoms with Crippen LogP contribution in [0.5, 0.6) is 0 Å². The van der Waals surface area contributed by atoms with Gasteiger partial charge in [-0.3, -0.25) is 14.4 Å². The van der Waals surface area contributed by atoms with Crippen molar-refractivity contribution in [1.29, 1.82) is 0 Å². The van der Waals surface area contributed by atoms with Gasteiger partial charge in [0, 0.05) is 50.9 Å². The summed E-state index contributed by atoms with van der Waals surface area (Å²) in [5.74, 6) is 0.836. The minimum absolute atomic E-state index is 0.0471. The molecule has 0 aliphatic heterocycles. The van der Waals surface area contributed by atoms with Gasteiger partial charge in [0.15, 0.2) is 5.69 Å². The first kappa shape index (κ1) is 24.2. The number of pyridine rings is 1. The Labute approximate surface area is 215 Å². The van der Waals surface area contributed by atoms with Crippen molar-refractivity contribution in [2.24, 2.45) is 0 Å². The summed E-state index contributed by atoms with van der Waals surface area (Å²) in [5.41, 5.74) is 5.12. The first-order chi connectivity index (χ1) is 17.9. The molecule has 2 aromatic heterocycles. The molecule has 3 amide bonds. The minimum atomic E-state index is -0.246. The van der Waals surface area contributed by atoms with E-state index < -0.39 is 0 Å². The Bertz CT molecular complexity index is 1480. The Kier molecular flexibility index (Phi) is 6.48. The lowest BCUT2D eigenvalue weighted by atomic mass is 10.0. The van der Waals surface area contributed by atoms with Crippen molar-refractivity contribution < 1.29 is 14.4 Å². The molecule has 0 unspecified atom stereocenters. The summed E-state index contributed by atoms with van der Waals surface area (Å²) in [5, 5.41) is 5.57. The lowest BCUT2D eigenvalue weighted by molar-refractivity contribution is 0.0827. The van der Waals surface area contributed by atoms with Crippen LogP contribution >= 0.6 is 0 Å². The molecule has 188 valence electrons. The third-order valence-corrected chi connectivity index (χ3v) is 6.60. The molecule has 0 bridgehead atoms. The van der Waals surface area contributed by atoms with E-state index in [4.69, 9.17) is 4.98 Å². The topological polar surface area (TPSA) is 95.8 Å². The highest BCUT2D eigenvalue weighted by Gasteiger charge is 2.30. The van der Waals surface area contributed by atoms with Crippen molar-refractivity contribution >= 4 is 23.2 Å². The van der Waals surface area contributed by atoms with Crippen LogP contribution in [0.1, 0.15) is 61.4 Å². The quantitative estimate of drug-likeness (QED) is 0.407. The molecule has 4 aromatic rings. The zero-order valence-corrected chi connectivity index (χ0v) is 21.1. The lowest BCUT2D eigenvalue weighted by Gasteiger charge is -2.11. The first-order valence-corrected chi connectivity index (χ1v) is 12.3. The monoisotopic (exact) mass is 495 g/mol. The summed E-state index contributed by atoms with van der Waals surface area (Å²) >= 11 is 0. The molecule has 0 atom stereocenters. The number of rotatable bonds is 7. The van der Waals surface area contributed by atoms with Crippen LogP contribution in [0.2, 0.25) is 0 Å². The molecule has 2 aromatic carbocycles. The normalized spacial score (nSPS) is 12.8. The van der Waals surface area contributed by atoms with Crippen molar-refractivity contribution in [1.82, 2.24) is 24.9 Å². The van der Waals surface area contributed by atoms with E-state index in [0.29, 0.717) is 29.3 Å². The van der Waals surface area contributed by atoms with Crippen LogP contribution in [0, 0.1) is 0 Å². The summed E-state index contributed by atoms with van der Waals surface area (Å²) in [6.45, 7) is 0.325. The summed E-state index contributed by atoms with van der Waals surface area (Å²) in [6, 6.07) is 18.6. The van der Waals surface area contributed by atoms with Crippen molar-refractivity contribution in [3.05, 3.63) is 95.1 Å². The average Bonchev–Trinajstić information content (AvgIpc) is 3.71. The zero-order chi connectivity index (χ0) is 26.1. The van der Waals surface area contributed by atoms with E-state index in [9.17, 15) is 14.4 Å². The van der Waals surface area contributed by atoms with Crippen LogP contribution in [0.3, 0.4) is 0 Å². The lowest BCUT2D eigenvalue weighted by Crippen LogP contribution is -2.23. The van der Waals surface area contributed by atoms with E-state index in [2.05, 4.69) is 10.6 Å². The number of aromatic nitrogens is 2. The van der Waals surface area contributed by atoms with Gasteiger partial charge in [0.2, 0.25) is 0 Å². The molecule has 1 saturated carbocycles.